The molecule has 2 heterocycles. The summed E-state index contributed by atoms with van der Waals surface area (Å²) in [5.41, 5.74) is 0.435. The fourth-order valence-electron chi connectivity index (χ4n) is 2.96. The van der Waals surface area contributed by atoms with Gasteiger partial charge in [-0.1, -0.05) is 0 Å². The molecule has 0 bridgehead atoms. The van der Waals surface area contributed by atoms with Crippen molar-refractivity contribution in [3.8, 4) is 0 Å². The van der Waals surface area contributed by atoms with Gasteiger partial charge in [-0.05, 0) is 53.4 Å². The van der Waals surface area contributed by atoms with Crippen LogP contribution in [0.25, 0.3) is 0 Å². The predicted octanol–water partition coefficient (Wildman–Crippen LogP) is 3.22. The summed E-state index contributed by atoms with van der Waals surface area (Å²) in [6.45, 7) is 12.2. The van der Waals surface area contributed by atoms with Gasteiger partial charge in [-0.2, -0.15) is 0 Å². The maximum absolute atomic E-state index is 12.3. The monoisotopic (exact) mass is 507 g/mol. The highest BCUT2D eigenvalue weighted by molar-refractivity contribution is 14.0. The maximum atomic E-state index is 12.3. The second kappa shape index (κ2) is 10.9. The van der Waals surface area contributed by atoms with Gasteiger partial charge in [0.25, 0.3) is 0 Å². The molecular formula is C19H34IN5O3. The zero-order chi connectivity index (χ0) is 20.0. The Balaban J connectivity index is 0.00000392. The number of oxazole rings is 1. The molecule has 8 nitrogen and oxygen atoms in total. The van der Waals surface area contributed by atoms with E-state index in [9.17, 15) is 4.79 Å². The molecule has 1 aliphatic rings. The van der Waals surface area contributed by atoms with E-state index in [4.69, 9.17) is 9.15 Å². The number of aryl methyl sites for hydroxylation is 2. The summed E-state index contributed by atoms with van der Waals surface area (Å²) >= 11 is 0. The van der Waals surface area contributed by atoms with E-state index in [1.165, 1.54) is 0 Å². The molecule has 0 spiro atoms. The fourth-order valence-corrected chi connectivity index (χ4v) is 2.96. The van der Waals surface area contributed by atoms with Crippen LogP contribution in [0, 0.1) is 19.8 Å². The smallest absolute Gasteiger partial charge is 0.410 e. The number of carbonyl (C=O) groups is 1. The average Bonchev–Trinajstić information content (AvgIpc) is 2.92. The van der Waals surface area contributed by atoms with Crippen molar-refractivity contribution >= 4 is 36.0 Å². The van der Waals surface area contributed by atoms with Gasteiger partial charge in [0.15, 0.2) is 5.96 Å². The van der Waals surface area contributed by atoms with Gasteiger partial charge in [0.2, 0.25) is 5.89 Å². The summed E-state index contributed by atoms with van der Waals surface area (Å²) < 4.78 is 11.1. The molecule has 0 radical (unpaired) electrons. The lowest BCUT2D eigenvalue weighted by Crippen LogP contribution is -2.47. The number of carbonyl (C=O) groups excluding carboxylic acids is 1. The Morgan fingerprint density at radius 1 is 1.36 bits per heavy atom. The number of aliphatic imine (C=N–C) groups is 1. The van der Waals surface area contributed by atoms with E-state index in [0.29, 0.717) is 30.9 Å². The molecule has 1 saturated heterocycles. The summed E-state index contributed by atoms with van der Waals surface area (Å²) in [7, 11) is 1.73. The Kier molecular flexibility index (Phi) is 9.52. The van der Waals surface area contributed by atoms with Crippen molar-refractivity contribution in [2.75, 3.05) is 26.7 Å². The lowest BCUT2D eigenvalue weighted by Gasteiger charge is -2.34. The van der Waals surface area contributed by atoms with Crippen molar-refractivity contribution in [2.24, 2.45) is 10.9 Å². The molecule has 1 atom stereocenters. The van der Waals surface area contributed by atoms with E-state index < -0.39 is 5.60 Å². The molecule has 1 fully saturated rings. The second-order valence-electron chi connectivity index (χ2n) is 7.99. The number of nitrogens with zero attached hydrogens (tertiary/aromatic N) is 3. The minimum Gasteiger partial charge on any atom is -0.444 e. The Morgan fingerprint density at radius 3 is 2.64 bits per heavy atom. The van der Waals surface area contributed by atoms with E-state index in [1.54, 1.807) is 11.9 Å². The molecule has 1 aliphatic heterocycles. The lowest BCUT2D eigenvalue weighted by atomic mass is 9.98. The van der Waals surface area contributed by atoms with Crippen LogP contribution in [0.5, 0.6) is 0 Å². The summed E-state index contributed by atoms with van der Waals surface area (Å²) in [6, 6.07) is 0. The SMILES string of the molecule is CN=C(NCc1nc(C)c(C)o1)NCC1CCCN(C(=O)OC(C)(C)C)C1.I. The van der Waals surface area contributed by atoms with Crippen LogP contribution in [-0.2, 0) is 11.3 Å². The van der Waals surface area contributed by atoms with Crippen LogP contribution in [0.4, 0.5) is 4.79 Å². The van der Waals surface area contributed by atoms with E-state index in [-0.39, 0.29) is 30.1 Å². The molecule has 1 unspecified atom stereocenters. The van der Waals surface area contributed by atoms with Crippen LogP contribution >= 0.6 is 24.0 Å². The second-order valence-corrected chi connectivity index (χ2v) is 7.99. The highest BCUT2D eigenvalue weighted by atomic mass is 127. The number of hydrogen-bond donors (Lipinski definition) is 2. The summed E-state index contributed by atoms with van der Waals surface area (Å²) in [5, 5.41) is 6.54. The molecule has 0 saturated carbocycles. The summed E-state index contributed by atoms with van der Waals surface area (Å²) in [4.78, 5) is 22.7. The van der Waals surface area contributed by atoms with Crippen LogP contribution in [0.2, 0.25) is 0 Å². The largest absolute Gasteiger partial charge is 0.444 e. The van der Waals surface area contributed by atoms with Crippen molar-refractivity contribution in [1.29, 1.82) is 0 Å². The van der Waals surface area contributed by atoms with Gasteiger partial charge in [-0.3, -0.25) is 4.99 Å². The van der Waals surface area contributed by atoms with Crippen molar-refractivity contribution < 1.29 is 13.9 Å². The highest BCUT2D eigenvalue weighted by Gasteiger charge is 2.27. The van der Waals surface area contributed by atoms with Gasteiger partial charge in [0, 0.05) is 26.7 Å². The molecular weight excluding hydrogens is 473 g/mol. The van der Waals surface area contributed by atoms with E-state index in [2.05, 4.69) is 20.6 Å². The first-order valence-corrected chi connectivity index (χ1v) is 9.53. The Hall–Kier alpha value is -1.52. The third-order valence-electron chi connectivity index (χ3n) is 4.43. The van der Waals surface area contributed by atoms with E-state index in [0.717, 1.165) is 37.4 Å². The van der Waals surface area contributed by atoms with Crippen molar-refractivity contribution in [3.63, 3.8) is 0 Å². The number of aromatic nitrogens is 1. The minimum absolute atomic E-state index is 0. The zero-order valence-corrected chi connectivity index (χ0v) is 20.1. The number of guanidine groups is 1. The van der Waals surface area contributed by atoms with Crippen molar-refractivity contribution in [3.05, 3.63) is 17.3 Å². The van der Waals surface area contributed by atoms with Crippen molar-refractivity contribution in [1.82, 2.24) is 20.5 Å². The average molecular weight is 507 g/mol. The number of halogens is 1. The number of likely N-dealkylation sites (tertiary alicyclic amines) is 1. The Bertz CT molecular complexity index is 650. The molecule has 1 aromatic heterocycles. The maximum Gasteiger partial charge on any atom is 0.410 e. The number of piperidine rings is 1. The standard InChI is InChI=1S/C19H33N5O3.HI/c1-13-14(2)26-16(23-13)11-22-17(20-6)21-10-15-8-7-9-24(12-15)18(25)27-19(3,4)5;/h15H,7-12H2,1-6H3,(H2,20,21,22);1H. The first-order chi connectivity index (χ1) is 12.7. The van der Waals surface area contributed by atoms with Gasteiger partial charge in [-0.25, -0.2) is 9.78 Å². The number of nitrogens with one attached hydrogen (secondary N) is 2. The lowest BCUT2D eigenvalue weighted by molar-refractivity contribution is 0.0168. The normalized spacial score (nSPS) is 17.7. The number of hydrogen-bond acceptors (Lipinski definition) is 5. The molecule has 2 rings (SSSR count). The molecule has 0 aromatic carbocycles. The first-order valence-electron chi connectivity index (χ1n) is 9.53. The van der Waals surface area contributed by atoms with E-state index in [1.807, 2.05) is 34.6 Å². The fraction of sp³-hybridized carbons (Fsp3) is 0.737. The number of ether oxygens (including phenoxy) is 1. The van der Waals surface area contributed by atoms with Gasteiger partial charge in [0.05, 0.1) is 12.2 Å². The summed E-state index contributed by atoms with van der Waals surface area (Å²) in [5.74, 6) is 2.52. The van der Waals surface area contributed by atoms with E-state index >= 15 is 0 Å². The van der Waals surface area contributed by atoms with Gasteiger partial charge in [0.1, 0.15) is 11.4 Å². The van der Waals surface area contributed by atoms with Gasteiger partial charge < -0.3 is 24.7 Å². The third-order valence-corrected chi connectivity index (χ3v) is 4.43. The van der Waals surface area contributed by atoms with Crippen LogP contribution in [0.15, 0.2) is 9.41 Å². The van der Waals surface area contributed by atoms with Crippen LogP contribution in [-0.4, -0.2) is 54.2 Å². The topological polar surface area (TPSA) is 92.0 Å². The Labute approximate surface area is 184 Å². The zero-order valence-electron chi connectivity index (χ0n) is 17.8. The minimum atomic E-state index is -0.467. The van der Waals surface area contributed by atoms with Crippen molar-refractivity contribution in [2.45, 2.75) is 59.6 Å². The van der Waals surface area contributed by atoms with Gasteiger partial charge >= 0.3 is 6.09 Å². The van der Waals surface area contributed by atoms with Crippen LogP contribution in [0.3, 0.4) is 0 Å². The first kappa shape index (κ1) is 24.5. The molecule has 9 heteroatoms. The molecule has 28 heavy (non-hydrogen) atoms. The summed E-state index contributed by atoms with van der Waals surface area (Å²) in [6.07, 6.45) is 1.82. The van der Waals surface area contributed by atoms with Crippen LogP contribution < -0.4 is 10.6 Å². The predicted molar refractivity (Wildman–Crippen MR) is 120 cm³/mol. The third kappa shape index (κ3) is 7.84. The highest BCUT2D eigenvalue weighted by Crippen LogP contribution is 2.18. The molecule has 2 N–H and O–H groups in total. The van der Waals surface area contributed by atoms with Gasteiger partial charge in [-0.15, -0.1) is 24.0 Å². The molecule has 0 aliphatic carbocycles. The quantitative estimate of drug-likeness (QED) is 0.370. The number of amides is 1. The molecule has 160 valence electrons. The molecule has 1 aromatic rings. The molecule has 1 amide bonds. The van der Waals surface area contributed by atoms with Crippen LogP contribution in [0.1, 0.15) is 51.0 Å². The number of rotatable bonds is 4. The Morgan fingerprint density at radius 2 is 2.07 bits per heavy atom.